The predicted molar refractivity (Wildman–Crippen MR) is 81.8 cm³/mol. The average Bonchev–Trinajstić information content (AvgIpc) is 2.90. The van der Waals surface area contributed by atoms with Crippen LogP contribution in [-0.2, 0) is 24.6 Å². The first kappa shape index (κ1) is 17.8. The van der Waals surface area contributed by atoms with Gasteiger partial charge in [-0.05, 0) is 12.1 Å². The maximum Gasteiger partial charge on any atom is 0.451 e. The van der Waals surface area contributed by atoms with Crippen molar-refractivity contribution in [2.45, 2.75) is 18.8 Å². The van der Waals surface area contributed by atoms with Crippen molar-refractivity contribution in [3.05, 3.63) is 40.6 Å². The number of carbonyl (C=O) groups excluding carboxylic acids is 1. The van der Waals surface area contributed by atoms with Gasteiger partial charge in [0.15, 0.2) is 11.5 Å². The number of nitrogens with one attached hydrogen (secondary N) is 1. The van der Waals surface area contributed by atoms with Gasteiger partial charge in [0, 0.05) is 13.6 Å². The minimum atomic E-state index is -4.73. The number of aromatic nitrogens is 3. The van der Waals surface area contributed by atoms with Crippen molar-refractivity contribution in [3.63, 3.8) is 0 Å². The molecule has 26 heavy (non-hydrogen) atoms. The Hall–Kier alpha value is -2.98. The number of fused-ring (bicyclic) bond motifs is 1. The molecule has 1 aliphatic rings. The van der Waals surface area contributed by atoms with E-state index in [0.29, 0.717) is 20.7 Å². The predicted octanol–water partition coefficient (Wildman–Crippen LogP) is 0.557. The van der Waals surface area contributed by atoms with Crippen LogP contribution < -0.4 is 20.5 Å². The van der Waals surface area contributed by atoms with Gasteiger partial charge in [-0.2, -0.15) is 13.2 Å². The fourth-order valence-electron chi connectivity index (χ4n) is 2.43. The number of para-hydroxylation sites is 2. The van der Waals surface area contributed by atoms with Crippen LogP contribution in [0.2, 0.25) is 0 Å². The molecule has 1 aliphatic heterocycles. The summed E-state index contributed by atoms with van der Waals surface area (Å²) in [5, 5.41) is 5.75. The Balaban J connectivity index is 1.58. The molecular formula is C15H15F3N4O4. The van der Waals surface area contributed by atoms with Crippen molar-refractivity contribution < 1.29 is 27.4 Å². The molecule has 0 fully saturated rings. The van der Waals surface area contributed by atoms with Crippen LogP contribution in [0, 0.1) is 0 Å². The quantitative estimate of drug-likeness (QED) is 0.847. The van der Waals surface area contributed by atoms with E-state index in [9.17, 15) is 22.8 Å². The van der Waals surface area contributed by atoms with E-state index >= 15 is 0 Å². The lowest BCUT2D eigenvalue weighted by Crippen LogP contribution is -2.45. The largest absolute Gasteiger partial charge is 0.485 e. The topological polar surface area (TPSA) is 87.4 Å². The Morgan fingerprint density at radius 1 is 1.35 bits per heavy atom. The molecule has 0 saturated heterocycles. The number of amides is 1. The molecule has 1 atom stereocenters. The summed E-state index contributed by atoms with van der Waals surface area (Å²) in [7, 11) is 0.984. The van der Waals surface area contributed by atoms with E-state index in [1.807, 2.05) is 0 Å². The van der Waals surface area contributed by atoms with E-state index in [1.54, 1.807) is 24.3 Å². The molecule has 1 amide bonds. The van der Waals surface area contributed by atoms with Crippen molar-refractivity contribution in [2.24, 2.45) is 7.05 Å². The van der Waals surface area contributed by atoms with Crippen LogP contribution in [0.1, 0.15) is 5.82 Å². The summed E-state index contributed by atoms with van der Waals surface area (Å²) < 4.78 is 50.2. The van der Waals surface area contributed by atoms with Gasteiger partial charge in [0.1, 0.15) is 6.61 Å². The molecule has 1 aromatic heterocycles. The Bertz CT molecular complexity index is 875. The van der Waals surface area contributed by atoms with Crippen molar-refractivity contribution in [1.82, 2.24) is 19.7 Å². The van der Waals surface area contributed by atoms with Gasteiger partial charge in [-0.3, -0.25) is 9.36 Å². The van der Waals surface area contributed by atoms with Crippen LogP contribution in [-0.4, -0.2) is 39.5 Å². The number of hydrogen-bond donors (Lipinski definition) is 1. The van der Waals surface area contributed by atoms with Crippen LogP contribution in [0.4, 0.5) is 13.2 Å². The number of halogens is 3. The van der Waals surface area contributed by atoms with Gasteiger partial charge < -0.3 is 14.8 Å². The van der Waals surface area contributed by atoms with Crippen LogP contribution in [0.5, 0.6) is 11.5 Å². The molecule has 0 bridgehead atoms. The van der Waals surface area contributed by atoms with Crippen LogP contribution in [0.3, 0.4) is 0 Å². The second-order valence-corrected chi connectivity index (χ2v) is 5.54. The van der Waals surface area contributed by atoms with E-state index in [0.717, 1.165) is 7.05 Å². The maximum absolute atomic E-state index is 12.7. The first-order valence-corrected chi connectivity index (χ1v) is 7.64. The lowest BCUT2D eigenvalue weighted by Gasteiger charge is -2.25. The number of nitrogens with zero attached hydrogens (tertiary/aromatic N) is 3. The molecule has 0 spiro atoms. The molecule has 1 N–H and O–H groups in total. The fraction of sp³-hybridized carbons (Fsp3) is 0.400. The molecule has 2 aromatic rings. The van der Waals surface area contributed by atoms with Crippen molar-refractivity contribution in [3.8, 4) is 11.5 Å². The normalized spacial score (nSPS) is 16.4. The third kappa shape index (κ3) is 3.51. The van der Waals surface area contributed by atoms with Gasteiger partial charge in [0.2, 0.25) is 11.9 Å². The Morgan fingerprint density at radius 3 is 2.69 bits per heavy atom. The Labute approximate surface area is 145 Å². The minimum absolute atomic E-state index is 0.00457. The highest BCUT2D eigenvalue weighted by atomic mass is 19.4. The van der Waals surface area contributed by atoms with E-state index in [-0.39, 0.29) is 19.7 Å². The van der Waals surface area contributed by atoms with E-state index in [2.05, 4.69) is 10.4 Å². The molecule has 140 valence electrons. The zero-order chi connectivity index (χ0) is 18.9. The van der Waals surface area contributed by atoms with Crippen LogP contribution >= 0.6 is 0 Å². The smallest absolute Gasteiger partial charge is 0.451 e. The average molecular weight is 372 g/mol. The lowest BCUT2D eigenvalue weighted by molar-refractivity contribution is -0.147. The first-order valence-electron chi connectivity index (χ1n) is 7.64. The Kier molecular flexibility index (Phi) is 4.62. The number of hydrogen-bond acceptors (Lipinski definition) is 5. The van der Waals surface area contributed by atoms with Gasteiger partial charge in [0.05, 0.1) is 6.54 Å². The molecular weight excluding hydrogens is 357 g/mol. The summed E-state index contributed by atoms with van der Waals surface area (Å²) in [4.78, 5) is 23.9. The fourth-order valence-corrected chi connectivity index (χ4v) is 2.43. The molecule has 8 nitrogen and oxygen atoms in total. The number of alkyl halides is 3. The summed E-state index contributed by atoms with van der Waals surface area (Å²) in [5.41, 5.74) is -0.919. The summed E-state index contributed by atoms with van der Waals surface area (Å²) in [6.07, 6.45) is -5.63. The second-order valence-electron chi connectivity index (χ2n) is 5.54. The summed E-state index contributed by atoms with van der Waals surface area (Å²) >= 11 is 0. The van der Waals surface area contributed by atoms with Gasteiger partial charge >= 0.3 is 11.9 Å². The molecule has 2 heterocycles. The van der Waals surface area contributed by atoms with Crippen molar-refractivity contribution in [1.29, 1.82) is 0 Å². The van der Waals surface area contributed by atoms with Gasteiger partial charge in [-0.15, -0.1) is 5.10 Å². The number of carbonyl (C=O) groups is 1. The zero-order valence-corrected chi connectivity index (χ0v) is 13.6. The highest BCUT2D eigenvalue weighted by Crippen LogP contribution is 2.30. The van der Waals surface area contributed by atoms with E-state index in [1.165, 1.54) is 0 Å². The third-order valence-electron chi connectivity index (χ3n) is 3.72. The van der Waals surface area contributed by atoms with Crippen molar-refractivity contribution in [2.75, 3.05) is 13.2 Å². The lowest BCUT2D eigenvalue weighted by atomic mass is 10.2. The maximum atomic E-state index is 12.7. The molecule has 0 unspecified atom stereocenters. The monoisotopic (exact) mass is 372 g/mol. The van der Waals surface area contributed by atoms with Crippen molar-refractivity contribution >= 4 is 5.91 Å². The molecule has 11 heteroatoms. The first-order chi connectivity index (χ1) is 12.3. The van der Waals surface area contributed by atoms with Gasteiger partial charge in [0.25, 0.3) is 5.91 Å². The van der Waals surface area contributed by atoms with Gasteiger partial charge in [-0.1, -0.05) is 12.1 Å². The Morgan fingerprint density at radius 2 is 2.04 bits per heavy atom. The zero-order valence-electron chi connectivity index (χ0n) is 13.6. The number of ether oxygens (including phenoxy) is 2. The van der Waals surface area contributed by atoms with Crippen LogP contribution in [0.15, 0.2) is 29.1 Å². The summed E-state index contributed by atoms with van der Waals surface area (Å²) in [5.74, 6) is -0.847. The molecule has 0 aliphatic carbocycles. The minimum Gasteiger partial charge on any atom is -0.485 e. The van der Waals surface area contributed by atoms with E-state index < -0.39 is 29.7 Å². The number of rotatable bonds is 4. The molecule has 0 saturated carbocycles. The summed E-state index contributed by atoms with van der Waals surface area (Å²) in [6.45, 7) is -0.294. The summed E-state index contributed by atoms with van der Waals surface area (Å²) in [6, 6.07) is 6.85. The standard InChI is InChI=1S/C15H15F3N4O4/c1-21-13(15(16,17)18)20-22(14(21)24)7-6-19-12(23)11-8-25-9-4-2-3-5-10(9)26-11/h2-5,11H,6-8H2,1H3,(H,19,23)/t11-/m0/s1. The third-order valence-corrected chi connectivity index (χ3v) is 3.72. The highest BCUT2D eigenvalue weighted by molar-refractivity contribution is 5.81. The number of benzene rings is 1. The van der Waals surface area contributed by atoms with Crippen LogP contribution in [0.25, 0.3) is 0 Å². The molecule has 0 radical (unpaired) electrons. The second kappa shape index (κ2) is 6.73. The van der Waals surface area contributed by atoms with E-state index in [4.69, 9.17) is 9.47 Å². The SMILES string of the molecule is Cn1c(C(F)(F)F)nn(CCNC(=O)[C@@H]2COc3ccccc3O2)c1=O. The molecule has 3 rings (SSSR count). The highest BCUT2D eigenvalue weighted by Gasteiger charge is 2.38. The van der Waals surface area contributed by atoms with Gasteiger partial charge in [-0.25, -0.2) is 9.48 Å². The molecule has 1 aromatic carbocycles.